The lowest BCUT2D eigenvalue weighted by Crippen LogP contribution is -2.27. The van der Waals surface area contributed by atoms with Gasteiger partial charge >= 0.3 is 0 Å². The van der Waals surface area contributed by atoms with Crippen molar-refractivity contribution in [3.8, 4) is 0 Å². The number of sulfone groups is 1. The van der Waals surface area contributed by atoms with E-state index in [4.69, 9.17) is 5.11 Å². The van der Waals surface area contributed by atoms with Crippen LogP contribution in [0.5, 0.6) is 0 Å². The summed E-state index contributed by atoms with van der Waals surface area (Å²) in [7, 11) is -3.05. The molecule has 0 rings (SSSR count). The summed E-state index contributed by atoms with van der Waals surface area (Å²) in [5.74, 6) is 0. The van der Waals surface area contributed by atoms with E-state index >= 15 is 0 Å². The summed E-state index contributed by atoms with van der Waals surface area (Å²) < 4.78 is 21.2. The first kappa shape index (κ1) is 8.91. The standard InChI is InChI=1S/C5H12O3S/c1-4(6)5(2)9(3,7)8/h4-6H,1-3H3/t4-,5-/m1/s1. The van der Waals surface area contributed by atoms with Gasteiger partial charge in [0.15, 0.2) is 9.84 Å². The summed E-state index contributed by atoms with van der Waals surface area (Å²) in [6.45, 7) is 2.95. The third-order valence-corrected chi connectivity index (χ3v) is 3.10. The maximum absolute atomic E-state index is 10.6. The zero-order valence-corrected chi connectivity index (χ0v) is 6.64. The lowest BCUT2D eigenvalue weighted by Gasteiger charge is -2.10. The first-order valence-corrected chi connectivity index (χ1v) is 4.68. The summed E-state index contributed by atoms with van der Waals surface area (Å²) in [5, 5.41) is 8.12. The van der Waals surface area contributed by atoms with Gasteiger partial charge in [0, 0.05) is 6.26 Å². The molecule has 0 heterocycles. The van der Waals surface area contributed by atoms with Gasteiger partial charge in [0.1, 0.15) is 0 Å². The first-order valence-electron chi connectivity index (χ1n) is 2.72. The van der Waals surface area contributed by atoms with Crippen LogP contribution < -0.4 is 0 Å². The van der Waals surface area contributed by atoms with Crippen LogP contribution in [0.4, 0.5) is 0 Å². The molecule has 0 fully saturated rings. The van der Waals surface area contributed by atoms with Crippen LogP contribution in [0.3, 0.4) is 0 Å². The molecule has 9 heavy (non-hydrogen) atoms. The van der Waals surface area contributed by atoms with Crippen molar-refractivity contribution in [1.29, 1.82) is 0 Å². The van der Waals surface area contributed by atoms with E-state index in [0.717, 1.165) is 6.26 Å². The van der Waals surface area contributed by atoms with E-state index in [0.29, 0.717) is 0 Å². The van der Waals surface area contributed by atoms with Crippen molar-refractivity contribution in [3.05, 3.63) is 0 Å². The molecule has 4 heteroatoms. The Balaban J connectivity index is 4.24. The van der Waals surface area contributed by atoms with Crippen LogP contribution >= 0.6 is 0 Å². The van der Waals surface area contributed by atoms with E-state index in [1.54, 1.807) is 0 Å². The second-order valence-corrected chi connectivity index (χ2v) is 4.68. The third-order valence-electron chi connectivity index (χ3n) is 1.35. The highest BCUT2D eigenvalue weighted by Gasteiger charge is 2.19. The molecule has 3 nitrogen and oxygen atoms in total. The molecular formula is C5H12O3S. The Morgan fingerprint density at radius 2 is 1.67 bits per heavy atom. The van der Waals surface area contributed by atoms with Crippen molar-refractivity contribution in [2.45, 2.75) is 25.2 Å². The topological polar surface area (TPSA) is 54.4 Å². The quantitative estimate of drug-likeness (QED) is 0.596. The lowest BCUT2D eigenvalue weighted by atomic mass is 10.3. The van der Waals surface area contributed by atoms with Crippen LogP contribution in [0.15, 0.2) is 0 Å². The molecule has 0 bridgehead atoms. The zero-order valence-electron chi connectivity index (χ0n) is 5.83. The highest BCUT2D eigenvalue weighted by molar-refractivity contribution is 7.91. The van der Waals surface area contributed by atoms with E-state index in [2.05, 4.69) is 0 Å². The molecular weight excluding hydrogens is 140 g/mol. The third kappa shape index (κ3) is 2.81. The number of rotatable bonds is 2. The predicted octanol–water partition coefficient (Wildman–Crippen LogP) is -0.200. The van der Waals surface area contributed by atoms with E-state index < -0.39 is 21.2 Å². The smallest absolute Gasteiger partial charge is 0.152 e. The average molecular weight is 152 g/mol. The summed E-state index contributed by atoms with van der Waals surface area (Å²) in [5.41, 5.74) is 0. The molecule has 0 aromatic rings. The molecule has 0 spiro atoms. The maximum Gasteiger partial charge on any atom is 0.152 e. The fourth-order valence-electron chi connectivity index (χ4n) is 0.358. The largest absolute Gasteiger partial charge is 0.392 e. The summed E-state index contributed by atoms with van der Waals surface area (Å²) in [6.07, 6.45) is 0.338. The van der Waals surface area contributed by atoms with Crippen LogP contribution in [0.1, 0.15) is 13.8 Å². The van der Waals surface area contributed by atoms with Crippen molar-refractivity contribution in [2.75, 3.05) is 6.26 Å². The van der Waals surface area contributed by atoms with Crippen LogP contribution in [-0.4, -0.2) is 31.1 Å². The molecule has 0 aromatic heterocycles. The van der Waals surface area contributed by atoms with E-state index in [1.807, 2.05) is 0 Å². The van der Waals surface area contributed by atoms with Crippen molar-refractivity contribution >= 4 is 9.84 Å². The van der Waals surface area contributed by atoms with Crippen LogP contribution in [-0.2, 0) is 9.84 Å². The second kappa shape index (κ2) is 2.66. The molecule has 0 radical (unpaired) electrons. The SMILES string of the molecule is C[C@H]([C@@H](C)O)S(C)(=O)=O. The second-order valence-electron chi connectivity index (χ2n) is 2.28. The molecule has 1 N–H and O–H groups in total. The number of aliphatic hydroxyl groups is 1. The van der Waals surface area contributed by atoms with Gasteiger partial charge in [-0.2, -0.15) is 0 Å². The maximum atomic E-state index is 10.6. The van der Waals surface area contributed by atoms with E-state index in [1.165, 1.54) is 13.8 Å². The van der Waals surface area contributed by atoms with Crippen LogP contribution in [0, 0.1) is 0 Å². The Labute approximate surface area is 55.6 Å². The van der Waals surface area contributed by atoms with Gasteiger partial charge in [-0.05, 0) is 13.8 Å². The normalized spacial score (nSPS) is 19.1. The Kier molecular flexibility index (Phi) is 2.64. The number of hydrogen-bond acceptors (Lipinski definition) is 3. The Morgan fingerprint density at radius 3 is 1.67 bits per heavy atom. The molecule has 56 valence electrons. The molecule has 0 unspecified atom stereocenters. The molecule has 0 aromatic carbocycles. The van der Waals surface area contributed by atoms with Gasteiger partial charge in [-0.3, -0.25) is 0 Å². The fourth-order valence-corrected chi connectivity index (χ4v) is 1.07. The van der Waals surface area contributed by atoms with Gasteiger partial charge in [-0.25, -0.2) is 8.42 Å². The zero-order chi connectivity index (χ0) is 7.65. The minimum Gasteiger partial charge on any atom is -0.392 e. The highest BCUT2D eigenvalue weighted by Crippen LogP contribution is 2.02. The van der Waals surface area contributed by atoms with Crippen molar-refractivity contribution < 1.29 is 13.5 Å². The minimum absolute atomic E-state index is 0.655. The number of aliphatic hydroxyl groups excluding tert-OH is 1. The number of hydrogen-bond donors (Lipinski definition) is 1. The Bertz CT molecular complexity index is 169. The van der Waals surface area contributed by atoms with Crippen molar-refractivity contribution in [3.63, 3.8) is 0 Å². The summed E-state index contributed by atoms with van der Waals surface area (Å²) in [6, 6.07) is 0. The molecule has 2 atom stereocenters. The lowest BCUT2D eigenvalue weighted by molar-refractivity contribution is 0.193. The van der Waals surface area contributed by atoms with Gasteiger partial charge in [0.25, 0.3) is 0 Å². The molecule has 0 amide bonds. The Hall–Kier alpha value is -0.0900. The van der Waals surface area contributed by atoms with Crippen molar-refractivity contribution in [1.82, 2.24) is 0 Å². The average Bonchev–Trinajstić information content (AvgIpc) is 1.62. The van der Waals surface area contributed by atoms with Gasteiger partial charge in [0.2, 0.25) is 0 Å². The summed E-state index contributed by atoms with van der Waals surface area (Å²) in [4.78, 5) is 0. The van der Waals surface area contributed by atoms with Crippen LogP contribution in [0.2, 0.25) is 0 Å². The molecule has 0 aliphatic carbocycles. The highest BCUT2D eigenvalue weighted by atomic mass is 32.2. The van der Waals surface area contributed by atoms with E-state index in [9.17, 15) is 8.42 Å². The predicted molar refractivity (Wildman–Crippen MR) is 36.0 cm³/mol. The van der Waals surface area contributed by atoms with Gasteiger partial charge in [-0.15, -0.1) is 0 Å². The fraction of sp³-hybridized carbons (Fsp3) is 1.00. The van der Waals surface area contributed by atoms with Gasteiger partial charge in [0.05, 0.1) is 11.4 Å². The summed E-state index contributed by atoms with van der Waals surface area (Å²) >= 11 is 0. The first-order chi connectivity index (χ1) is 3.85. The van der Waals surface area contributed by atoms with Crippen molar-refractivity contribution in [2.24, 2.45) is 0 Å². The Morgan fingerprint density at radius 1 is 1.33 bits per heavy atom. The van der Waals surface area contributed by atoms with Crippen LogP contribution in [0.25, 0.3) is 0 Å². The van der Waals surface area contributed by atoms with Gasteiger partial charge in [-0.1, -0.05) is 0 Å². The van der Waals surface area contributed by atoms with Gasteiger partial charge < -0.3 is 5.11 Å². The minimum atomic E-state index is -3.05. The molecule has 0 saturated heterocycles. The molecule has 0 aliphatic rings. The molecule has 0 saturated carbocycles. The van der Waals surface area contributed by atoms with E-state index in [-0.39, 0.29) is 0 Å². The monoisotopic (exact) mass is 152 g/mol. The molecule has 0 aliphatic heterocycles.